The summed E-state index contributed by atoms with van der Waals surface area (Å²) in [5.41, 5.74) is 2.03. The molecule has 0 bridgehead atoms. The van der Waals surface area contributed by atoms with Crippen molar-refractivity contribution < 1.29 is 23.5 Å². The van der Waals surface area contributed by atoms with Gasteiger partial charge < -0.3 is 14.2 Å². The van der Waals surface area contributed by atoms with Crippen molar-refractivity contribution in [1.82, 2.24) is 9.47 Å². The van der Waals surface area contributed by atoms with Crippen LogP contribution in [-0.2, 0) is 14.3 Å². The number of para-hydroxylation sites is 1. The number of hydrogen-bond acceptors (Lipinski definition) is 4. The summed E-state index contributed by atoms with van der Waals surface area (Å²) in [7, 11) is 0. The number of rotatable bonds is 7. The van der Waals surface area contributed by atoms with E-state index in [2.05, 4.69) is 0 Å². The zero-order valence-corrected chi connectivity index (χ0v) is 17.6. The third-order valence-corrected chi connectivity index (χ3v) is 5.48. The topological polar surface area (TPSA) is 68.6 Å². The maximum absolute atomic E-state index is 14.2. The summed E-state index contributed by atoms with van der Waals surface area (Å²) in [6.07, 6.45) is 2.40. The van der Waals surface area contributed by atoms with Crippen LogP contribution < -0.4 is 0 Å². The number of Topliss-reactive ketones (excluding diaryl/α,β-unsaturated/α-hetero) is 1. The van der Waals surface area contributed by atoms with Gasteiger partial charge in [-0.05, 0) is 51.3 Å². The van der Waals surface area contributed by atoms with E-state index in [0.29, 0.717) is 48.4 Å². The Kier molecular flexibility index (Phi) is 6.70. The van der Waals surface area contributed by atoms with Gasteiger partial charge in [-0.15, -0.1) is 0 Å². The van der Waals surface area contributed by atoms with Crippen LogP contribution >= 0.6 is 0 Å². The molecule has 1 amide bonds. The van der Waals surface area contributed by atoms with E-state index in [4.69, 9.17) is 4.74 Å². The lowest BCUT2D eigenvalue weighted by Crippen LogP contribution is -2.41. The zero-order valence-electron chi connectivity index (χ0n) is 17.6. The van der Waals surface area contributed by atoms with Crippen molar-refractivity contribution in [1.29, 1.82) is 0 Å². The van der Waals surface area contributed by atoms with Crippen LogP contribution in [0.5, 0.6) is 0 Å². The molecule has 160 valence electrons. The quantitative estimate of drug-likeness (QED) is 0.511. The summed E-state index contributed by atoms with van der Waals surface area (Å²) in [5, 5.41) is 0. The maximum atomic E-state index is 14.2. The molecule has 6 nitrogen and oxygen atoms in total. The van der Waals surface area contributed by atoms with Crippen molar-refractivity contribution in [2.24, 2.45) is 0 Å². The molecule has 1 aliphatic rings. The third-order valence-electron chi connectivity index (χ3n) is 5.48. The standard InChI is InChI=1S/C23H27FN2O4/c1-4-8-22(28)25-12-7-11-20(25)23(29)30-14-21(27)17-13-15(2)26(16(17)3)19-10-6-5-9-18(19)24/h5-6,9-10,13,20H,4,7-8,11-12,14H2,1-3H3. The van der Waals surface area contributed by atoms with Crippen molar-refractivity contribution in [2.75, 3.05) is 13.2 Å². The second-order valence-electron chi connectivity index (χ2n) is 7.60. The molecule has 0 saturated carbocycles. The molecule has 30 heavy (non-hydrogen) atoms. The molecule has 1 aliphatic heterocycles. The van der Waals surface area contributed by atoms with Crippen LogP contribution in [0.4, 0.5) is 4.39 Å². The summed E-state index contributed by atoms with van der Waals surface area (Å²) in [6.45, 7) is 5.56. The van der Waals surface area contributed by atoms with E-state index in [0.717, 1.165) is 6.42 Å². The number of amides is 1. The molecule has 7 heteroatoms. The van der Waals surface area contributed by atoms with Gasteiger partial charge in [-0.1, -0.05) is 19.1 Å². The average Bonchev–Trinajstić information content (AvgIpc) is 3.32. The van der Waals surface area contributed by atoms with Gasteiger partial charge in [0.15, 0.2) is 6.61 Å². The molecule has 1 aromatic carbocycles. The molecule has 2 aromatic rings. The molecule has 2 heterocycles. The van der Waals surface area contributed by atoms with E-state index in [9.17, 15) is 18.8 Å². The fraction of sp³-hybridized carbons (Fsp3) is 0.435. The summed E-state index contributed by atoms with van der Waals surface area (Å²) < 4.78 is 21.2. The minimum atomic E-state index is -0.623. The predicted molar refractivity (Wildman–Crippen MR) is 110 cm³/mol. The Morgan fingerprint density at radius 1 is 1.20 bits per heavy atom. The number of carbonyl (C=O) groups is 3. The number of ketones is 1. The Morgan fingerprint density at radius 2 is 1.93 bits per heavy atom. The van der Waals surface area contributed by atoms with Crippen molar-refractivity contribution in [2.45, 2.75) is 52.5 Å². The van der Waals surface area contributed by atoms with Crippen molar-refractivity contribution >= 4 is 17.7 Å². The number of hydrogen-bond donors (Lipinski definition) is 0. The highest BCUT2D eigenvalue weighted by Gasteiger charge is 2.35. The van der Waals surface area contributed by atoms with E-state index in [1.807, 2.05) is 6.92 Å². The Morgan fingerprint density at radius 3 is 2.63 bits per heavy atom. The Hall–Kier alpha value is -2.96. The van der Waals surface area contributed by atoms with E-state index in [1.54, 1.807) is 47.6 Å². The first kappa shape index (κ1) is 21.7. The van der Waals surface area contributed by atoms with Gasteiger partial charge in [0.05, 0.1) is 5.69 Å². The number of ether oxygens (including phenoxy) is 1. The van der Waals surface area contributed by atoms with E-state index >= 15 is 0 Å². The lowest BCUT2D eigenvalue weighted by molar-refractivity contribution is -0.152. The van der Waals surface area contributed by atoms with Gasteiger partial charge in [0.1, 0.15) is 11.9 Å². The molecule has 3 rings (SSSR count). The molecule has 0 N–H and O–H groups in total. The zero-order chi connectivity index (χ0) is 21.8. The van der Waals surface area contributed by atoms with Crippen LogP contribution in [0.1, 0.15) is 54.4 Å². The maximum Gasteiger partial charge on any atom is 0.329 e. The molecule has 0 radical (unpaired) electrons. The molecule has 0 aliphatic carbocycles. The van der Waals surface area contributed by atoms with Crippen molar-refractivity contribution in [3.8, 4) is 5.69 Å². The highest BCUT2D eigenvalue weighted by molar-refractivity contribution is 5.99. The van der Waals surface area contributed by atoms with Gasteiger partial charge in [-0.25, -0.2) is 9.18 Å². The van der Waals surface area contributed by atoms with Crippen LogP contribution in [0.3, 0.4) is 0 Å². The molecule has 1 saturated heterocycles. The SMILES string of the molecule is CCCC(=O)N1CCCC1C(=O)OCC(=O)c1cc(C)n(-c2ccccc2F)c1C. The first-order valence-electron chi connectivity index (χ1n) is 10.3. The molecule has 1 atom stereocenters. The van der Waals surface area contributed by atoms with Gasteiger partial charge >= 0.3 is 5.97 Å². The fourth-order valence-electron chi connectivity index (χ4n) is 4.03. The summed E-state index contributed by atoms with van der Waals surface area (Å²) in [5.74, 6) is -1.35. The first-order valence-corrected chi connectivity index (χ1v) is 10.3. The van der Waals surface area contributed by atoms with Gasteiger partial charge in [0.25, 0.3) is 0 Å². The van der Waals surface area contributed by atoms with Crippen LogP contribution in [0.25, 0.3) is 5.69 Å². The predicted octanol–water partition coefficient (Wildman–Crippen LogP) is 3.75. The van der Waals surface area contributed by atoms with Gasteiger partial charge in [-0.3, -0.25) is 9.59 Å². The summed E-state index contributed by atoms with van der Waals surface area (Å²) >= 11 is 0. The highest BCUT2D eigenvalue weighted by Crippen LogP contribution is 2.24. The van der Waals surface area contributed by atoms with Crippen LogP contribution in [0, 0.1) is 19.7 Å². The second-order valence-corrected chi connectivity index (χ2v) is 7.60. The molecule has 0 spiro atoms. The van der Waals surface area contributed by atoms with Crippen LogP contribution in [0.2, 0.25) is 0 Å². The summed E-state index contributed by atoms with van der Waals surface area (Å²) in [4.78, 5) is 39.0. The number of halogens is 1. The number of nitrogens with zero attached hydrogens (tertiary/aromatic N) is 2. The lowest BCUT2D eigenvalue weighted by Gasteiger charge is -2.23. The van der Waals surface area contributed by atoms with Crippen molar-refractivity contribution in [3.05, 3.63) is 53.1 Å². The molecule has 1 fully saturated rings. The minimum Gasteiger partial charge on any atom is -0.456 e. The number of esters is 1. The largest absolute Gasteiger partial charge is 0.456 e. The Bertz CT molecular complexity index is 966. The molecule has 1 unspecified atom stereocenters. The monoisotopic (exact) mass is 414 g/mol. The third kappa shape index (κ3) is 4.30. The highest BCUT2D eigenvalue weighted by atomic mass is 19.1. The summed E-state index contributed by atoms with van der Waals surface area (Å²) in [6, 6.07) is 7.40. The lowest BCUT2D eigenvalue weighted by atomic mass is 10.1. The van der Waals surface area contributed by atoms with E-state index in [1.165, 1.54) is 6.07 Å². The molecular formula is C23H27FN2O4. The van der Waals surface area contributed by atoms with Gasteiger partial charge in [0.2, 0.25) is 11.7 Å². The van der Waals surface area contributed by atoms with Crippen molar-refractivity contribution in [3.63, 3.8) is 0 Å². The van der Waals surface area contributed by atoms with Crippen LogP contribution in [0.15, 0.2) is 30.3 Å². The number of aromatic nitrogens is 1. The number of aryl methyl sites for hydroxylation is 1. The van der Waals surface area contributed by atoms with E-state index in [-0.39, 0.29) is 17.5 Å². The number of carbonyl (C=O) groups excluding carboxylic acids is 3. The van der Waals surface area contributed by atoms with Gasteiger partial charge in [0, 0.05) is 29.9 Å². The van der Waals surface area contributed by atoms with E-state index < -0.39 is 18.6 Å². The Labute approximate surface area is 175 Å². The number of benzene rings is 1. The first-order chi connectivity index (χ1) is 14.3. The Balaban J connectivity index is 1.70. The normalized spacial score (nSPS) is 16.0. The van der Waals surface area contributed by atoms with Gasteiger partial charge in [-0.2, -0.15) is 0 Å². The second kappa shape index (κ2) is 9.24. The smallest absolute Gasteiger partial charge is 0.329 e. The molecular weight excluding hydrogens is 387 g/mol. The average molecular weight is 414 g/mol. The van der Waals surface area contributed by atoms with Crippen LogP contribution in [-0.4, -0.2) is 46.3 Å². The number of likely N-dealkylation sites (tertiary alicyclic amines) is 1. The fourth-order valence-corrected chi connectivity index (χ4v) is 4.03. The minimum absolute atomic E-state index is 0.0586. The molecule has 1 aromatic heterocycles.